The molecule has 8 heteroatoms. The number of fused-ring (bicyclic) bond motifs is 1. The Morgan fingerprint density at radius 3 is 2.37 bits per heavy atom. The average molecular weight is 465 g/mol. The Morgan fingerprint density at radius 1 is 0.971 bits per heavy atom. The number of nitrogens with zero attached hydrogens (tertiary/aromatic N) is 3. The summed E-state index contributed by atoms with van der Waals surface area (Å²) in [7, 11) is 1.61. The molecule has 3 aromatic carbocycles. The number of aromatic nitrogens is 2. The lowest BCUT2D eigenvalue weighted by Gasteiger charge is -2.07. The third-order valence-electron chi connectivity index (χ3n) is 5.83. The smallest absolute Gasteiger partial charge is 0.335 e. The van der Waals surface area contributed by atoms with Gasteiger partial charge in [0.05, 0.1) is 17.6 Å². The fourth-order valence-electron chi connectivity index (χ4n) is 4.03. The molecule has 2 aromatic heterocycles. The van der Waals surface area contributed by atoms with E-state index in [1.807, 2.05) is 47.2 Å². The summed E-state index contributed by atoms with van der Waals surface area (Å²) in [5.74, 6) is -0.271. The van der Waals surface area contributed by atoms with E-state index < -0.39 is 10.9 Å². The van der Waals surface area contributed by atoms with Crippen LogP contribution in [0.3, 0.4) is 0 Å². The van der Waals surface area contributed by atoms with Gasteiger partial charge in [0.15, 0.2) is 0 Å². The van der Waals surface area contributed by atoms with E-state index in [-0.39, 0.29) is 11.3 Å². The number of nitro benzene ring substituents is 1. The highest BCUT2D eigenvalue weighted by atomic mass is 16.6. The Bertz CT molecular complexity index is 1570. The van der Waals surface area contributed by atoms with Crippen molar-refractivity contribution in [3.8, 4) is 33.7 Å². The maximum absolute atomic E-state index is 11.4. The van der Waals surface area contributed by atoms with Gasteiger partial charge in [0.1, 0.15) is 11.4 Å². The van der Waals surface area contributed by atoms with E-state index in [0.29, 0.717) is 5.65 Å². The van der Waals surface area contributed by atoms with Gasteiger partial charge in [-0.1, -0.05) is 12.1 Å². The van der Waals surface area contributed by atoms with Crippen LogP contribution in [0, 0.1) is 10.1 Å². The third kappa shape index (κ3) is 4.08. The van der Waals surface area contributed by atoms with E-state index in [1.165, 1.54) is 12.1 Å². The molecule has 0 saturated carbocycles. The molecule has 35 heavy (non-hydrogen) atoms. The zero-order valence-corrected chi connectivity index (χ0v) is 18.6. The van der Waals surface area contributed by atoms with Crippen LogP contribution in [-0.2, 0) is 0 Å². The Kier molecular flexibility index (Phi) is 5.46. The number of benzene rings is 3. The van der Waals surface area contributed by atoms with Crippen LogP contribution < -0.4 is 4.74 Å². The van der Waals surface area contributed by atoms with Crippen LogP contribution in [0.15, 0.2) is 91.3 Å². The summed E-state index contributed by atoms with van der Waals surface area (Å²) in [4.78, 5) is 26.8. The quantitative estimate of drug-likeness (QED) is 0.244. The first-order valence-electron chi connectivity index (χ1n) is 10.7. The van der Waals surface area contributed by atoms with Gasteiger partial charge >= 0.3 is 5.97 Å². The Morgan fingerprint density at radius 2 is 1.71 bits per heavy atom. The number of carboxylic acids is 1. The predicted octanol–water partition coefficient (Wildman–Crippen LogP) is 5.97. The Hall–Kier alpha value is -4.98. The summed E-state index contributed by atoms with van der Waals surface area (Å²) >= 11 is 0. The lowest BCUT2D eigenvalue weighted by atomic mass is 10.0. The number of rotatable bonds is 6. The molecule has 5 aromatic rings. The first kappa shape index (κ1) is 21.8. The molecule has 0 aliphatic carbocycles. The molecular weight excluding hydrogens is 446 g/mol. The molecule has 5 rings (SSSR count). The van der Waals surface area contributed by atoms with E-state index in [4.69, 9.17) is 9.72 Å². The van der Waals surface area contributed by atoms with Crippen molar-refractivity contribution in [3.05, 3.63) is 107 Å². The van der Waals surface area contributed by atoms with Crippen molar-refractivity contribution in [1.29, 1.82) is 0 Å². The Balaban J connectivity index is 1.71. The molecule has 0 atom stereocenters. The van der Waals surface area contributed by atoms with E-state index in [2.05, 4.69) is 0 Å². The van der Waals surface area contributed by atoms with Gasteiger partial charge in [-0.15, -0.1) is 0 Å². The van der Waals surface area contributed by atoms with Gasteiger partial charge in [-0.25, -0.2) is 9.78 Å². The number of aromatic carboxylic acids is 1. The number of ether oxygens (including phenoxy) is 1. The topological polar surface area (TPSA) is 107 Å². The molecule has 0 radical (unpaired) electrons. The van der Waals surface area contributed by atoms with Crippen LogP contribution in [0.2, 0.25) is 0 Å². The second-order valence-electron chi connectivity index (χ2n) is 7.90. The van der Waals surface area contributed by atoms with E-state index in [9.17, 15) is 20.0 Å². The zero-order chi connectivity index (χ0) is 24.5. The summed E-state index contributed by atoms with van der Waals surface area (Å²) < 4.78 is 7.21. The fourth-order valence-corrected chi connectivity index (χ4v) is 4.03. The Labute approximate surface area is 199 Å². The van der Waals surface area contributed by atoms with E-state index in [1.54, 1.807) is 43.6 Å². The molecule has 0 aliphatic rings. The van der Waals surface area contributed by atoms with Crippen molar-refractivity contribution < 1.29 is 19.6 Å². The predicted molar refractivity (Wildman–Crippen MR) is 132 cm³/mol. The number of nitro groups is 1. The zero-order valence-electron chi connectivity index (χ0n) is 18.6. The van der Waals surface area contributed by atoms with E-state index >= 15 is 0 Å². The van der Waals surface area contributed by atoms with Crippen LogP contribution in [0.4, 0.5) is 5.69 Å². The second-order valence-corrected chi connectivity index (χ2v) is 7.90. The third-order valence-corrected chi connectivity index (χ3v) is 5.83. The standard InChI is InChI=1S/C27H19N3O5/c1-35-23-11-9-21(10-12-23)29-16-25(17-5-7-22(8-6-17)30(33)34)24-14-20(15-28-26(24)29)18-3-2-4-19(13-18)27(31)32/h2-16H,1H3,(H,31,32). The molecule has 0 aliphatic heterocycles. The number of carbonyl (C=O) groups is 1. The molecular formula is C27H19N3O5. The number of non-ortho nitro benzene ring substituents is 1. The number of carboxylic acid groups (broad SMARTS) is 1. The largest absolute Gasteiger partial charge is 0.497 e. The number of hydrogen-bond acceptors (Lipinski definition) is 5. The lowest BCUT2D eigenvalue weighted by Crippen LogP contribution is -1.96. The van der Waals surface area contributed by atoms with Crippen LogP contribution >= 0.6 is 0 Å². The molecule has 1 N–H and O–H groups in total. The summed E-state index contributed by atoms with van der Waals surface area (Å²) in [6, 6.07) is 22.6. The van der Waals surface area contributed by atoms with Gasteiger partial charge in [0.2, 0.25) is 0 Å². The normalized spacial score (nSPS) is 10.9. The number of hydrogen-bond donors (Lipinski definition) is 1. The van der Waals surface area contributed by atoms with E-state index in [0.717, 1.165) is 39.1 Å². The van der Waals surface area contributed by atoms with Crippen LogP contribution in [0.25, 0.3) is 39.0 Å². The van der Waals surface area contributed by atoms with Gasteiger partial charge in [-0.2, -0.15) is 0 Å². The first-order chi connectivity index (χ1) is 16.9. The van der Waals surface area contributed by atoms with Crippen LogP contribution in [-0.4, -0.2) is 32.7 Å². The molecule has 2 heterocycles. The monoisotopic (exact) mass is 465 g/mol. The highest BCUT2D eigenvalue weighted by Crippen LogP contribution is 2.35. The molecule has 0 fully saturated rings. The van der Waals surface area contributed by atoms with Crippen molar-refractivity contribution in [3.63, 3.8) is 0 Å². The highest BCUT2D eigenvalue weighted by Gasteiger charge is 2.16. The summed E-state index contributed by atoms with van der Waals surface area (Å²) in [5, 5.41) is 21.3. The average Bonchev–Trinajstić information content (AvgIpc) is 3.27. The molecule has 0 spiro atoms. The van der Waals surface area contributed by atoms with Gasteiger partial charge < -0.3 is 14.4 Å². The molecule has 0 unspecified atom stereocenters. The van der Waals surface area contributed by atoms with Gasteiger partial charge in [0.25, 0.3) is 5.69 Å². The lowest BCUT2D eigenvalue weighted by molar-refractivity contribution is -0.384. The SMILES string of the molecule is COc1ccc(-n2cc(-c3ccc([N+](=O)[O-])cc3)c3cc(-c4cccc(C(=O)O)c4)cnc32)cc1. The summed E-state index contributed by atoms with van der Waals surface area (Å²) in [6.45, 7) is 0. The molecule has 172 valence electrons. The maximum atomic E-state index is 11.4. The summed E-state index contributed by atoms with van der Waals surface area (Å²) in [6.07, 6.45) is 3.65. The second kappa shape index (κ2) is 8.75. The number of methoxy groups -OCH3 is 1. The molecule has 0 bridgehead atoms. The van der Waals surface area contributed by atoms with Crippen molar-refractivity contribution in [2.45, 2.75) is 0 Å². The fraction of sp³-hybridized carbons (Fsp3) is 0.0370. The minimum Gasteiger partial charge on any atom is -0.497 e. The van der Waals surface area contributed by atoms with Gasteiger partial charge in [-0.3, -0.25) is 10.1 Å². The molecule has 0 saturated heterocycles. The first-order valence-corrected chi connectivity index (χ1v) is 10.7. The minimum atomic E-state index is -1.00. The maximum Gasteiger partial charge on any atom is 0.335 e. The number of pyridine rings is 1. The van der Waals surface area contributed by atoms with Gasteiger partial charge in [0, 0.05) is 46.7 Å². The highest BCUT2D eigenvalue weighted by molar-refractivity contribution is 5.98. The van der Waals surface area contributed by atoms with Crippen LogP contribution in [0.1, 0.15) is 10.4 Å². The van der Waals surface area contributed by atoms with Crippen molar-refractivity contribution in [1.82, 2.24) is 9.55 Å². The molecule has 8 nitrogen and oxygen atoms in total. The van der Waals surface area contributed by atoms with Gasteiger partial charge in [-0.05, 0) is 65.7 Å². The van der Waals surface area contributed by atoms with Crippen LogP contribution in [0.5, 0.6) is 5.75 Å². The van der Waals surface area contributed by atoms with Crippen molar-refractivity contribution in [2.24, 2.45) is 0 Å². The summed E-state index contributed by atoms with van der Waals surface area (Å²) in [5.41, 5.74) is 4.90. The van der Waals surface area contributed by atoms with Crippen molar-refractivity contribution >= 4 is 22.7 Å². The van der Waals surface area contributed by atoms with Crippen molar-refractivity contribution in [2.75, 3.05) is 7.11 Å². The molecule has 0 amide bonds. The minimum absolute atomic E-state index is 0.0111.